The summed E-state index contributed by atoms with van der Waals surface area (Å²) in [6.07, 6.45) is 1.81. The minimum Gasteiger partial charge on any atom is -0.377 e. The molecule has 0 aromatic carbocycles. The van der Waals surface area contributed by atoms with Crippen molar-refractivity contribution in [3.63, 3.8) is 0 Å². The summed E-state index contributed by atoms with van der Waals surface area (Å²) >= 11 is 1.73. The van der Waals surface area contributed by atoms with Crippen LogP contribution < -0.4 is 10.9 Å². The number of pyridine rings is 1. The van der Waals surface area contributed by atoms with Crippen molar-refractivity contribution in [2.24, 2.45) is 7.05 Å². The summed E-state index contributed by atoms with van der Waals surface area (Å²) in [6, 6.07) is 7.79. The Morgan fingerprint density at radius 2 is 2.19 bits per heavy atom. The first-order valence-electron chi connectivity index (χ1n) is 5.13. The van der Waals surface area contributed by atoms with Crippen LogP contribution in [0, 0.1) is 0 Å². The number of hydrogen-bond acceptors (Lipinski definition) is 3. The van der Waals surface area contributed by atoms with Gasteiger partial charge in [0.25, 0.3) is 0 Å². The highest BCUT2D eigenvalue weighted by Gasteiger charge is 2.06. The fourth-order valence-corrected chi connectivity index (χ4v) is 2.27. The third kappa shape index (κ3) is 2.33. The van der Waals surface area contributed by atoms with Crippen molar-refractivity contribution in [1.29, 1.82) is 0 Å². The molecule has 3 nitrogen and oxygen atoms in total. The Kier molecular flexibility index (Phi) is 3.10. The fourth-order valence-electron chi connectivity index (χ4n) is 1.54. The van der Waals surface area contributed by atoms with E-state index in [1.807, 2.05) is 18.3 Å². The van der Waals surface area contributed by atoms with Gasteiger partial charge in [0.1, 0.15) is 0 Å². The van der Waals surface area contributed by atoms with Gasteiger partial charge in [0.15, 0.2) is 0 Å². The molecule has 4 heteroatoms. The maximum atomic E-state index is 11.2. The number of aromatic nitrogens is 1. The van der Waals surface area contributed by atoms with Crippen LogP contribution in [0.1, 0.15) is 17.8 Å². The summed E-state index contributed by atoms with van der Waals surface area (Å²) in [5.74, 6) is 0. The van der Waals surface area contributed by atoms with Gasteiger partial charge in [-0.3, -0.25) is 4.79 Å². The first-order chi connectivity index (χ1) is 7.66. The van der Waals surface area contributed by atoms with Crippen molar-refractivity contribution < 1.29 is 0 Å². The van der Waals surface area contributed by atoms with E-state index in [1.54, 1.807) is 29.0 Å². The van der Waals surface area contributed by atoms with Crippen molar-refractivity contribution in [1.82, 2.24) is 4.57 Å². The Morgan fingerprint density at radius 1 is 1.38 bits per heavy atom. The van der Waals surface area contributed by atoms with E-state index in [0.717, 1.165) is 5.69 Å². The summed E-state index contributed by atoms with van der Waals surface area (Å²) in [4.78, 5) is 12.5. The van der Waals surface area contributed by atoms with E-state index < -0.39 is 0 Å². The zero-order chi connectivity index (χ0) is 11.5. The van der Waals surface area contributed by atoms with Gasteiger partial charge in [-0.1, -0.05) is 6.07 Å². The molecule has 2 rings (SSSR count). The second-order valence-electron chi connectivity index (χ2n) is 3.75. The minimum absolute atomic E-state index is 0.00864. The second kappa shape index (κ2) is 4.53. The van der Waals surface area contributed by atoms with Gasteiger partial charge in [-0.15, -0.1) is 11.3 Å². The Balaban J connectivity index is 2.15. The molecule has 0 spiro atoms. The van der Waals surface area contributed by atoms with Crippen LogP contribution in [0.25, 0.3) is 0 Å². The van der Waals surface area contributed by atoms with E-state index >= 15 is 0 Å². The summed E-state index contributed by atoms with van der Waals surface area (Å²) in [5.41, 5.74) is 0.970. The lowest BCUT2D eigenvalue weighted by Gasteiger charge is -2.14. The van der Waals surface area contributed by atoms with Gasteiger partial charge in [-0.25, -0.2) is 0 Å². The Morgan fingerprint density at radius 3 is 2.81 bits per heavy atom. The van der Waals surface area contributed by atoms with E-state index in [4.69, 9.17) is 0 Å². The molecular weight excluding hydrogens is 220 g/mol. The summed E-state index contributed by atoms with van der Waals surface area (Å²) in [6.45, 7) is 2.11. The third-order valence-corrected chi connectivity index (χ3v) is 3.49. The highest BCUT2D eigenvalue weighted by molar-refractivity contribution is 7.10. The normalized spacial score (nSPS) is 12.4. The molecule has 0 bridgehead atoms. The quantitative estimate of drug-likeness (QED) is 0.885. The molecule has 84 valence electrons. The first kappa shape index (κ1) is 11.0. The Bertz CT molecular complexity index is 516. The SMILES string of the molecule is CC(Nc1ccc(=O)n(C)c1)c1cccs1. The standard InChI is InChI=1S/C12H14N2OS/c1-9(11-4-3-7-16-11)13-10-5-6-12(15)14(2)8-10/h3-9,13H,1-2H3. The zero-order valence-corrected chi connectivity index (χ0v) is 10.1. The Hall–Kier alpha value is -1.55. The molecule has 0 saturated carbocycles. The van der Waals surface area contributed by atoms with Gasteiger partial charge < -0.3 is 9.88 Å². The van der Waals surface area contributed by atoms with Crippen LogP contribution in [0.15, 0.2) is 40.6 Å². The van der Waals surface area contributed by atoms with Crippen molar-refractivity contribution in [3.8, 4) is 0 Å². The lowest BCUT2D eigenvalue weighted by molar-refractivity contribution is 0.845. The molecule has 0 amide bonds. The number of nitrogens with zero attached hydrogens (tertiary/aromatic N) is 1. The maximum absolute atomic E-state index is 11.2. The average molecular weight is 234 g/mol. The number of thiophene rings is 1. The molecule has 0 aliphatic rings. The van der Waals surface area contributed by atoms with Crippen LogP contribution in [0.4, 0.5) is 5.69 Å². The molecule has 0 saturated heterocycles. The second-order valence-corrected chi connectivity index (χ2v) is 4.73. The van der Waals surface area contributed by atoms with E-state index in [-0.39, 0.29) is 11.6 Å². The molecule has 0 fully saturated rings. The molecule has 1 atom stereocenters. The van der Waals surface area contributed by atoms with Gasteiger partial charge in [-0.05, 0) is 24.4 Å². The molecular formula is C12H14N2OS. The topological polar surface area (TPSA) is 34.0 Å². The van der Waals surface area contributed by atoms with Crippen LogP contribution in [-0.4, -0.2) is 4.57 Å². The fraction of sp³-hybridized carbons (Fsp3) is 0.250. The molecule has 2 aromatic rings. The lowest BCUT2D eigenvalue weighted by Crippen LogP contribution is -2.16. The average Bonchev–Trinajstić information content (AvgIpc) is 2.77. The minimum atomic E-state index is 0.00864. The first-order valence-corrected chi connectivity index (χ1v) is 6.01. The molecule has 16 heavy (non-hydrogen) atoms. The van der Waals surface area contributed by atoms with Gasteiger partial charge in [-0.2, -0.15) is 0 Å². The lowest BCUT2D eigenvalue weighted by atomic mass is 10.2. The van der Waals surface area contributed by atoms with E-state index in [1.165, 1.54) is 4.88 Å². The molecule has 1 N–H and O–H groups in total. The van der Waals surface area contributed by atoms with Gasteiger partial charge in [0.2, 0.25) is 5.56 Å². The predicted octanol–water partition coefficient (Wildman–Crippen LogP) is 2.62. The number of anilines is 1. The largest absolute Gasteiger partial charge is 0.377 e. The highest BCUT2D eigenvalue weighted by atomic mass is 32.1. The summed E-state index contributed by atoms with van der Waals surface area (Å²) in [7, 11) is 1.75. The molecule has 0 aliphatic carbocycles. The van der Waals surface area contributed by atoms with Crippen LogP contribution in [-0.2, 0) is 7.05 Å². The smallest absolute Gasteiger partial charge is 0.250 e. The van der Waals surface area contributed by atoms with Crippen LogP contribution in [0.3, 0.4) is 0 Å². The van der Waals surface area contributed by atoms with Crippen molar-refractivity contribution in [3.05, 3.63) is 51.1 Å². The van der Waals surface area contributed by atoms with Gasteiger partial charge >= 0.3 is 0 Å². The van der Waals surface area contributed by atoms with E-state index in [0.29, 0.717) is 0 Å². The molecule has 0 radical (unpaired) electrons. The predicted molar refractivity (Wildman–Crippen MR) is 68.0 cm³/mol. The number of hydrogen-bond donors (Lipinski definition) is 1. The maximum Gasteiger partial charge on any atom is 0.250 e. The monoisotopic (exact) mass is 234 g/mol. The van der Waals surface area contributed by atoms with Crippen LogP contribution in [0.5, 0.6) is 0 Å². The zero-order valence-electron chi connectivity index (χ0n) is 9.31. The van der Waals surface area contributed by atoms with Crippen molar-refractivity contribution in [2.45, 2.75) is 13.0 Å². The number of nitrogens with one attached hydrogen (secondary N) is 1. The van der Waals surface area contributed by atoms with E-state index in [2.05, 4.69) is 23.7 Å². The molecule has 1 unspecified atom stereocenters. The van der Waals surface area contributed by atoms with Crippen molar-refractivity contribution in [2.75, 3.05) is 5.32 Å². The van der Waals surface area contributed by atoms with Gasteiger partial charge in [0, 0.05) is 24.2 Å². The van der Waals surface area contributed by atoms with Crippen LogP contribution >= 0.6 is 11.3 Å². The highest BCUT2D eigenvalue weighted by Crippen LogP contribution is 2.22. The molecule has 2 aromatic heterocycles. The third-order valence-electron chi connectivity index (χ3n) is 2.44. The van der Waals surface area contributed by atoms with Gasteiger partial charge in [0.05, 0.1) is 11.7 Å². The molecule has 2 heterocycles. The molecule has 0 aliphatic heterocycles. The van der Waals surface area contributed by atoms with Crippen LogP contribution in [0.2, 0.25) is 0 Å². The summed E-state index contributed by atoms with van der Waals surface area (Å²) in [5, 5.41) is 5.43. The number of rotatable bonds is 3. The Labute approximate surface area is 98.4 Å². The van der Waals surface area contributed by atoms with Crippen molar-refractivity contribution >= 4 is 17.0 Å². The number of aryl methyl sites for hydroxylation is 1. The summed E-state index contributed by atoms with van der Waals surface area (Å²) < 4.78 is 1.57. The van der Waals surface area contributed by atoms with E-state index in [9.17, 15) is 4.79 Å².